The quantitative estimate of drug-likeness (QED) is 0.133. The highest BCUT2D eigenvalue weighted by atomic mass is 16.5. The second-order valence-corrected chi connectivity index (χ2v) is 13.5. The average Bonchev–Trinajstić information content (AvgIpc) is 3.01. The number of carbonyl (C=O) groups excluding carboxylic acids is 1. The van der Waals surface area contributed by atoms with E-state index in [0.29, 0.717) is 31.0 Å². The molecule has 4 saturated carbocycles. The molecule has 1 aromatic heterocycles. The summed E-state index contributed by atoms with van der Waals surface area (Å²) in [5, 5.41) is 21.7. The molecule has 8 heteroatoms. The molecule has 45 heavy (non-hydrogen) atoms. The Morgan fingerprint density at radius 1 is 0.911 bits per heavy atom. The Hall–Kier alpha value is -4.14. The van der Waals surface area contributed by atoms with Crippen LogP contribution in [0.3, 0.4) is 0 Å². The number of amides is 2. The van der Waals surface area contributed by atoms with Gasteiger partial charge >= 0.3 is 6.03 Å². The molecule has 4 aliphatic carbocycles. The fraction of sp³-hybridized carbons (Fsp3) is 0.405. The largest absolute Gasteiger partial charge is 0.487 e. The number of ether oxygens (including phenoxy) is 1. The fourth-order valence-corrected chi connectivity index (χ4v) is 8.45. The molecule has 8 nitrogen and oxygen atoms in total. The van der Waals surface area contributed by atoms with Crippen LogP contribution in [0.15, 0.2) is 83.7 Å². The summed E-state index contributed by atoms with van der Waals surface area (Å²) in [5.41, 5.74) is 3.98. The molecule has 5 N–H and O–H groups in total. The van der Waals surface area contributed by atoms with Gasteiger partial charge in [-0.05, 0) is 110 Å². The molecule has 0 saturated heterocycles. The third kappa shape index (κ3) is 6.77. The zero-order valence-corrected chi connectivity index (χ0v) is 25.6. The van der Waals surface area contributed by atoms with Crippen LogP contribution in [0.5, 0.6) is 5.75 Å². The van der Waals surface area contributed by atoms with Crippen molar-refractivity contribution in [2.45, 2.75) is 63.2 Å². The summed E-state index contributed by atoms with van der Waals surface area (Å²) < 4.78 is 6.04. The molecular weight excluding hydrogens is 564 g/mol. The normalized spacial score (nSPS) is 24.0. The van der Waals surface area contributed by atoms with Crippen molar-refractivity contribution in [1.82, 2.24) is 15.6 Å². The number of H-pyrrole nitrogens is 1. The molecule has 4 bridgehead atoms. The topological polar surface area (TPSA) is 115 Å². The highest BCUT2D eigenvalue weighted by Gasteiger charge is 2.51. The molecule has 1 atom stereocenters. The van der Waals surface area contributed by atoms with Crippen molar-refractivity contribution in [3.05, 3.63) is 106 Å². The van der Waals surface area contributed by atoms with E-state index in [-0.39, 0.29) is 17.1 Å². The number of urea groups is 1. The lowest BCUT2D eigenvalue weighted by Crippen LogP contribution is -2.60. The lowest BCUT2D eigenvalue weighted by molar-refractivity contribution is -0.0127. The summed E-state index contributed by atoms with van der Waals surface area (Å²) in [6, 6.07) is 24.6. The van der Waals surface area contributed by atoms with Gasteiger partial charge < -0.3 is 30.8 Å². The molecule has 4 fully saturated rings. The Bertz CT molecular complexity index is 1680. The standard InChI is InChI=1S/C37H42N4O4/c42-32(30-9-11-33(35-31(30)10-12-34(43)40-35)45-23-25-5-2-1-3-6-25)22-38-14-13-24-7-4-8-29(18-24)39-36(44)41-37-19-26-15-27(20-37)17-28(16-26)21-37/h1-12,18,26-28,32,38,42H,13-17,19-23H2,(H,40,43)(H2,39,41,44). The lowest BCUT2D eigenvalue weighted by atomic mass is 9.53. The number of pyridine rings is 1. The average molecular weight is 607 g/mol. The number of aromatic nitrogens is 1. The lowest BCUT2D eigenvalue weighted by Gasteiger charge is -2.56. The molecule has 0 radical (unpaired) electrons. The summed E-state index contributed by atoms with van der Waals surface area (Å²) in [5.74, 6) is 2.92. The van der Waals surface area contributed by atoms with E-state index in [1.165, 1.54) is 25.3 Å². The zero-order chi connectivity index (χ0) is 30.8. The van der Waals surface area contributed by atoms with Crippen molar-refractivity contribution < 1.29 is 14.6 Å². The number of aliphatic hydroxyl groups is 1. The number of benzene rings is 3. The predicted octanol–water partition coefficient (Wildman–Crippen LogP) is 6.06. The first-order valence-electron chi connectivity index (χ1n) is 16.3. The van der Waals surface area contributed by atoms with Crippen molar-refractivity contribution in [2.75, 3.05) is 18.4 Å². The number of aromatic amines is 1. The van der Waals surface area contributed by atoms with Crippen LogP contribution in [0, 0.1) is 17.8 Å². The SMILES string of the molecule is O=C(Nc1cccc(CCNCC(O)c2ccc(OCc3ccccc3)c3[nH]c(=O)ccc23)c1)NC12CC3CC(CC(C3)C1)C2. The smallest absolute Gasteiger partial charge is 0.319 e. The molecule has 0 aliphatic heterocycles. The van der Waals surface area contributed by atoms with Gasteiger partial charge in [-0.25, -0.2) is 4.79 Å². The minimum Gasteiger partial charge on any atom is -0.487 e. The maximum absolute atomic E-state index is 13.0. The zero-order valence-electron chi connectivity index (χ0n) is 25.6. The van der Waals surface area contributed by atoms with Gasteiger partial charge in [0.25, 0.3) is 0 Å². The van der Waals surface area contributed by atoms with E-state index in [1.807, 2.05) is 54.6 Å². The van der Waals surface area contributed by atoms with E-state index >= 15 is 0 Å². The molecular formula is C37H42N4O4. The second-order valence-electron chi connectivity index (χ2n) is 13.5. The van der Waals surface area contributed by atoms with Gasteiger partial charge in [0, 0.05) is 29.2 Å². The second kappa shape index (κ2) is 12.7. The molecule has 0 spiro atoms. The fourth-order valence-electron chi connectivity index (χ4n) is 8.45. The molecule has 3 aromatic carbocycles. The maximum Gasteiger partial charge on any atom is 0.319 e. The first-order valence-corrected chi connectivity index (χ1v) is 16.3. The third-order valence-electron chi connectivity index (χ3n) is 10.0. The maximum atomic E-state index is 13.0. The van der Waals surface area contributed by atoms with Gasteiger partial charge in [0.15, 0.2) is 0 Å². The Balaban J connectivity index is 0.923. The summed E-state index contributed by atoms with van der Waals surface area (Å²) in [4.78, 5) is 28.1. The Morgan fingerprint density at radius 3 is 2.40 bits per heavy atom. The number of aliphatic hydroxyl groups excluding tert-OH is 1. The number of anilines is 1. The van der Waals surface area contributed by atoms with Gasteiger partial charge in [-0.3, -0.25) is 4.79 Å². The van der Waals surface area contributed by atoms with Crippen LogP contribution in [0.1, 0.15) is 61.3 Å². The van der Waals surface area contributed by atoms with Gasteiger partial charge in [0.2, 0.25) is 5.56 Å². The Labute approximate surface area is 263 Å². The Kier molecular flexibility index (Phi) is 8.34. The van der Waals surface area contributed by atoms with E-state index in [0.717, 1.165) is 71.2 Å². The molecule has 4 aromatic rings. The van der Waals surface area contributed by atoms with Crippen molar-refractivity contribution >= 4 is 22.6 Å². The van der Waals surface area contributed by atoms with Gasteiger partial charge in [-0.15, -0.1) is 0 Å². The summed E-state index contributed by atoms with van der Waals surface area (Å²) in [6.07, 6.45) is 7.41. The number of rotatable bonds is 11. The van der Waals surface area contributed by atoms with Crippen LogP contribution in [0.25, 0.3) is 10.9 Å². The minimum atomic E-state index is -0.775. The van der Waals surface area contributed by atoms with Gasteiger partial charge in [-0.2, -0.15) is 0 Å². The van der Waals surface area contributed by atoms with Gasteiger partial charge in [-0.1, -0.05) is 48.5 Å². The number of hydrogen-bond acceptors (Lipinski definition) is 5. The highest BCUT2D eigenvalue weighted by Crippen LogP contribution is 2.55. The van der Waals surface area contributed by atoms with E-state index in [4.69, 9.17) is 4.74 Å². The Morgan fingerprint density at radius 2 is 1.64 bits per heavy atom. The number of nitrogens with one attached hydrogen (secondary N) is 4. The summed E-state index contributed by atoms with van der Waals surface area (Å²) in [6.45, 7) is 1.39. The van der Waals surface area contributed by atoms with Crippen LogP contribution < -0.4 is 26.2 Å². The molecule has 2 amide bonds. The predicted molar refractivity (Wildman–Crippen MR) is 176 cm³/mol. The minimum absolute atomic E-state index is 0.0165. The molecule has 234 valence electrons. The van der Waals surface area contributed by atoms with Crippen LogP contribution in [-0.4, -0.2) is 34.8 Å². The van der Waals surface area contributed by atoms with E-state index < -0.39 is 6.10 Å². The van der Waals surface area contributed by atoms with E-state index in [1.54, 1.807) is 12.1 Å². The monoisotopic (exact) mass is 606 g/mol. The van der Waals surface area contributed by atoms with Crippen molar-refractivity contribution in [2.24, 2.45) is 17.8 Å². The third-order valence-corrected chi connectivity index (χ3v) is 10.0. The van der Waals surface area contributed by atoms with Crippen LogP contribution in [-0.2, 0) is 13.0 Å². The molecule has 8 rings (SSSR count). The number of carbonyl (C=O) groups is 1. The molecule has 4 aliphatic rings. The van der Waals surface area contributed by atoms with E-state index in [9.17, 15) is 14.7 Å². The van der Waals surface area contributed by atoms with Gasteiger partial charge in [0.1, 0.15) is 12.4 Å². The number of hydrogen-bond donors (Lipinski definition) is 5. The van der Waals surface area contributed by atoms with E-state index in [2.05, 4.69) is 27.0 Å². The molecule has 1 heterocycles. The summed E-state index contributed by atoms with van der Waals surface area (Å²) >= 11 is 0. The highest BCUT2D eigenvalue weighted by molar-refractivity contribution is 5.90. The number of fused-ring (bicyclic) bond motifs is 1. The van der Waals surface area contributed by atoms with Crippen molar-refractivity contribution in [1.29, 1.82) is 0 Å². The first kappa shape index (κ1) is 29.6. The van der Waals surface area contributed by atoms with Crippen molar-refractivity contribution in [3.63, 3.8) is 0 Å². The van der Waals surface area contributed by atoms with Crippen LogP contribution >= 0.6 is 0 Å². The van der Waals surface area contributed by atoms with Crippen LogP contribution in [0.4, 0.5) is 10.5 Å². The summed E-state index contributed by atoms with van der Waals surface area (Å²) in [7, 11) is 0. The van der Waals surface area contributed by atoms with Gasteiger partial charge in [0.05, 0.1) is 11.6 Å². The molecule has 1 unspecified atom stereocenters. The van der Waals surface area contributed by atoms with Crippen LogP contribution in [0.2, 0.25) is 0 Å². The first-order chi connectivity index (χ1) is 21.9. The van der Waals surface area contributed by atoms with Crippen molar-refractivity contribution in [3.8, 4) is 5.75 Å².